The number of hydrogen-bond donors (Lipinski definition) is 3. The molecule has 0 aromatic heterocycles. The Hall–Kier alpha value is -0.910. The van der Waals surface area contributed by atoms with Crippen LogP contribution in [0, 0.1) is 0 Å². The van der Waals surface area contributed by atoms with E-state index in [9.17, 15) is 9.59 Å². The van der Waals surface area contributed by atoms with Crippen molar-refractivity contribution in [2.45, 2.75) is 50.3 Å². The summed E-state index contributed by atoms with van der Waals surface area (Å²) in [5, 5.41) is 14.7. The van der Waals surface area contributed by atoms with E-state index in [1.165, 1.54) is 6.42 Å². The van der Waals surface area contributed by atoms with Crippen LogP contribution in [0.1, 0.15) is 39.0 Å². The van der Waals surface area contributed by atoms with Crippen molar-refractivity contribution in [3.05, 3.63) is 0 Å². The summed E-state index contributed by atoms with van der Waals surface area (Å²) in [6.45, 7) is 2.62. The van der Waals surface area contributed by atoms with Gasteiger partial charge in [0, 0.05) is 11.8 Å². The first-order valence-corrected chi connectivity index (χ1v) is 7.57. The van der Waals surface area contributed by atoms with Crippen molar-refractivity contribution in [3.63, 3.8) is 0 Å². The highest BCUT2D eigenvalue weighted by atomic mass is 32.2. The summed E-state index contributed by atoms with van der Waals surface area (Å²) in [6.07, 6.45) is 4.54. The molecule has 18 heavy (non-hydrogen) atoms. The van der Waals surface area contributed by atoms with Crippen LogP contribution in [0.5, 0.6) is 0 Å². The van der Waals surface area contributed by atoms with Gasteiger partial charge in [0.2, 0.25) is 0 Å². The molecule has 1 aliphatic rings. The standard InChI is InChI=1S/C12H22N2O3S/c1-2-3-6-10(11(15)16)14-12(17)13-8-9-5-4-7-18-9/h9-10H,2-8H2,1H3,(H,15,16)(H2,13,14,17)/t9?,10-/m0/s1. The zero-order valence-electron chi connectivity index (χ0n) is 10.8. The Morgan fingerprint density at radius 3 is 2.83 bits per heavy atom. The van der Waals surface area contributed by atoms with Crippen molar-refractivity contribution in [2.75, 3.05) is 12.3 Å². The summed E-state index contributed by atoms with van der Waals surface area (Å²) in [5.74, 6) is 0.191. The Morgan fingerprint density at radius 1 is 1.50 bits per heavy atom. The molecule has 1 fully saturated rings. The molecule has 2 atom stereocenters. The van der Waals surface area contributed by atoms with Crippen LogP contribution >= 0.6 is 11.8 Å². The summed E-state index contributed by atoms with van der Waals surface area (Å²) in [7, 11) is 0. The summed E-state index contributed by atoms with van der Waals surface area (Å²) < 4.78 is 0. The summed E-state index contributed by atoms with van der Waals surface area (Å²) >= 11 is 1.86. The number of carboxylic acid groups (broad SMARTS) is 1. The fraction of sp³-hybridized carbons (Fsp3) is 0.833. The molecular formula is C12H22N2O3S. The highest BCUT2D eigenvalue weighted by molar-refractivity contribution is 8.00. The van der Waals surface area contributed by atoms with Gasteiger partial charge >= 0.3 is 12.0 Å². The lowest BCUT2D eigenvalue weighted by Gasteiger charge is -2.16. The van der Waals surface area contributed by atoms with E-state index in [1.807, 2.05) is 18.7 Å². The highest BCUT2D eigenvalue weighted by Gasteiger charge is 2.20. The van der Waals surface area contributed by atoms with Crippen LogP contribution in [0.2, 0.25) is 0 Å². The lowest BCUT2D eigenvalue weighted by molar-refractivity contribution is -0.139. The summed E-state index contributed by atoms with van der Waals surface area (Å²) in [6, 6.07) is -1.15. The molecule has 0 aromatic rings. The summed E-state index contributed by atoms with van der Waals surface area (Å²) in [4.78, 5) is 22.5. The predicted octanol–water partition coefficient (Wildman–Crippen LogP) is 1.82. The molecule has 0 aliphatic carbocycles. The minimum atomic E-state index is -0.964. The van der Waals surface area contributed by atoms with Crippen LogP contribution in [-0.4, -0.2) is 40.7 Å². The van der Waals surface area contributed by atoms with Gasteiger partial charge in [-0.05, 0) is 25.0 Å². The first-order chi connectivity index (χ1) is 8.63. The van der Waals surface area contributed by atoms with Crippen LogP contribution in [-0.2, 0) is 4.79 Å². The van der Waals surface area contributed by atoms with Gasteiger partial charge in [-0.2, -0.15) is 11.8 Å². The molecule has 1 heterocycles. The largest absolute Gasteiger partial charge is 0.480 e. The van der Waals surface area contributed by atoms with Crippen molar-refractivity contribution in [1.29, 1.82) is 0 Å². The average molecular weight is 274 g/mol. The number of urea groups is 1. The molecular weight excluding hydrogens is 252 g/mol. The molecule has 3 N–H and O–H groups in total. The van der Waals surface area contributed by atoms with Crippen LogP contribution in [0.15, 0.2) is 0 Å². The molecule has 6 heteroatoms. The van der Waals surface area contributed by atoms with Crippen LogP contribution in [0.3, 0.4) is 0 Å². The normalized spacial score (nSPS) is 20.4. The molecule has 1 saturated heterocycles. The number of amides is 2. The van der Waals surface area contributed by atoms with E-state index in [4.69, 9.17) is 5.11 Å². The first kappa shape index (κ1) is 15.1. The smallest absolute Gasteiger partial charge is 0.326 e. The molecule has 1 rings (SSSR count). The van der Waals surface area contributed by atoms with Crippen molar-refractivity contribution in [1.82, 2.24) is 10.6 Å². The lowest BCUT2D eigenvalue weighted by Crippen LogP contribution is -2.47. The van der Waals surface area contributed by atoms with E-state index < -0.39 is 12.0 Å². The van der Waals surface area contributed by atoms with Crippen molar-refractivity contribution < 1.29 is 14.7 Å². The van der Waals surface area contributed by atoms with Gasteiger partial charge in [0.05, 0.1) is 0 Å². The Labute approximate surface area is 112 Å². The fourth-order valence-corrected chi connectivity index (χ4v) is 3.09. The Morgan fingerprint density at radius 2 is 2.28 bits per heavy atom. The van der Waals surface area contributed by atoms with Crippen LogP contribution < -0.4 is 10.6 Å². The molecule has 2 amide bonds. The van der Waals surface area contributed by atoms with Gasteiger partial charge in [-0.3, -0.25) is 0 Å². The minimum Gasteiger partial charge on any atom is -0.480 e. The summed E-state index contributed by atoms with van der Waals surface area (Å²) in [5.41, 5.74) is 0. The maximum atomic E-state index is 11.6. The number of hydrogen-bond acceptors (Lipinski definition) is 3. The second-order valence-electron chi connectivity index (χ2n) is 4.52. The van der Waals surface area contributed by atoms with Gasteiger partial charge in [0.25, 0.3) is 0 Å². The average Bonchev–Trinajstić information content (AvgIpc) is 2.84. The van der Waals surface area contributed by atoms with Gasteiger partial charge in [0.1, 0.15) is 6.04 Å². The second kappa shape index (κ2) is 8.24. The molecule has 0 aromatic carbocycles. The van der Waals surface area contributed by atoms with E-state index in [1.54, 1.807) is 0 Å². The highest BCUT2D eigenvalue weighted by Crippen LogP contribution is 2.25. The molecule has 0 spiro atoms. The van der Waals surface area contributed by atoms with Crippen LogP contribution in [0.4, 0.5) is 4.79 Å². The molecule has 104 valence electrons. The number of nitrogens with one attached hydrogen (secondary N) is 2. The number of unbranched alkanes of at least 4 members (excludes halogenated alkanes) is 1. The Kier molecular flexibility index (Phi) is 6.93. The van der Waals surface area contributed by atoms with Crippen molar-refractivity contribution in [2.24, 2.45) is 0 Å². The van der Waals surface area contributed by atoms with Gasteiger partial charge in [-0.1, -0.05) is 19.8 Å². The maximum absolute atomic E-state index is 11.6. The van der Waals surface area contributed by atoms with Crippen molar-refractivity contribution in [3.8, 4) is 0 Å². The third-order valence-corrected chi connectivity index (χ3v) is 4.36. The third kappa shape index (κ3) is 5.62. The maximum Gasteiger partial charge on any atom is 0.326 e. The minimum absolute atomic E-state index is 0.369. The molecule has 5 nitrogen and oxygen atoms in total. The number of carbonyl (C=O) groups is 2. The SMILES string of the molecule is CCCC[C@H](NC(=O)NCC1CCCS1)C(=O)O. The first-order valence-electron chi connectivity index (χ1n) is 6.52. The van der Waals surface area contributed by atoms with E-state index in [2.05, 4.69) is 10.6 Å². The predicted molar refractivity (Wildman–Crippen MR) is 73.0 cm³/mol. The number of aliphatic carboxylic acids is 1. The van der Waals surface area contributed by atoms with Gasteiger partial charge in [-0.25, -0.2) is 9.59 Å². The second-order valence-corrected chi connectivity index (χ2v) is 5.93. The van der Waals surface area contributed by atoms with Crippen LogP contribution in [0.25, 0.3) is 0 Å². The van der Waals surface area contributed by atoms with E-state index in [0.29, 0.717) is 18.2 Å². The molecule has 0 radical (unpaired) electrons. The topological polar surface area (TPSA) is 78.4 Å². The van der Waals surface area contributed by atoms with E-state index in [0.717, 1.165) is 25.0 Å². The zero-order chi connectivity index (χ0) is 13.4. The monoisotopic (exact) mass is 274 g/mol. The Balaban J connectivity index is 2.24. The molecule has 0 saturated carbocycles. The van der Waals surface area contributed by atoms with Gasteiger partial charge in [0.15, 0.2) is 0 Å². The lowest BCUT2D eigenvalue weighted by atomic mass is 10.1. The van der Waals surface area contributed by atoms with Gasteiger partial charge in [-0.15, -0.1) is 0 Å². The van der Waals surface area contributed by atoms with Crippen molar-refractivity contribution >= 4 is 23.8 Å². The molecule has 1 aliphatic heterocycles. The number of thioether (sulfide) groups is 1. The Bertz CT molecular complexity index is 280. The molecule has 1 unspecified atom stereocenters. The fourth-order valence-electron chi connectivity index (χ4n) is 1.89. The van der Waals surface area contributed by atoms with E-state index in [-0.39, 0.29) is 6.03 Å². The molecule has 0 bridgehead atoms. The number of carbonyl (C=O) groups excluding carboxylic acids is 1. The number of carboxylic acids is 1. The zero-order valence-corrected chi connectivity index (χ0v) is 11.6. The van der Waals surface area contributed by atoms with Gasteiger partial charge < -0.3 is 15.7 Å². The third-order valence-electron chi connectivity index (χ3n) is 2.96. The van der Waals surface area contributed by atoms with E-state index >= 15 is 0 Å². The quantitative estimate of drug-likeness (QED) is 0.662. The number of rotatable bonds is 7.